The average Bonchev–Trinajstić information content (AvgIpc) is 2.90. The molecule has 1 heterocycles. The van der Waals surface area contributed by atoms with E-state index in [1.165, 1.54) is 19.2 Å². The lowest BCUT2D eigenvalue weighted by Gasteiger charge is -2.18. The summed E-state index contributed by atoms with van der Waals surface area (Å²) in [5, 5.41) is 0. The van der Waals surface area contributed by atoms with Crippen LogP contribution in [0, 0.1) is 0 Å². The van der Waals surface area contributed by atoms with E-state index < -0.39 is 35.8 Å². The fourth-order valence-electron chi connectivity index (χ4n) is 3.87. The quantitative estimate of drug-likeness (QED) is 0.160. The van der Waals surface area contributed by atoms with Crippen molar-refractivity contribution in [3.63, 3.8) is 0 Å². The van der Waals surface area contributed by atoms with Crippen LogP contribution in [0.25, 0.3) is 22.5 Å². The highest BCUT2D eigenvalue weighted by atomic mass is 19.4. The number of aromatic nitrogens is 1. The summed E-state index contributed by atoms with van der Waals surface area (Å²) in [5.74, 6) is 0.711. The number of rotatable bonds is 14. The zero-order valence-corrected chi connectivity index (χ0v) is 23.0. The Hall–Kier alpha value is -3.45. The second-order valence-corrected chi connectivity index (χ2v) is 9.45. The molecule has 0 fully saturated rings. The van der Waals surface area contributed by atoms with Gasteiger partial charge in [-0.2, -0.15) is 26.3 Å². The first-order valence-electron chi connectivity index (χ1n) is 13.1. The summed E-state index contributed by atoms with van der Waals surface area (Å²) in [4.78, 5) is 4.11. The topological polar surface area (TPSA) is 135 Å². The summed E-state index contributed by atoms with van der Waals surface area (Å²) in [6, 6.07) is 2.87. The molecule has 1 aromatic carbocycles. The molecule has 0 saturated heterocycles. The molecule has 0 aliphatic heterocycles. The molecule has 0 amide bonds. The van der Waals surface area contributed by atoms with Gasteiger partial charge in [0.05, 0.1) is 42.1 Å². The number of nitrogens with zero attached hydrogens (tertiary/aromatic N) is 1. The number of hydrogen-bond acceptors (Lipinski definition) is 7. The van der Waals surface area contributed by atoms with Crippen molar-refractivity contribution in [1.29, 1.82) is 0 Å². The van der Waals surface area contributed by atoms with Crippen LogP contribution in [0.1, 0.15) is 56.8 Å². The van der Waals surface area contributed by atoms with E-state index in [9.17, 15) is 26.3 Å². The summed E-state index contributed by atoms with van der Waals surface area (Å²) in [6.45, 7) is 2.51. The van der Waals surface area contributed by atoms with E-state index in [4.69, 9.17) is 32.4 Å². The number of alkyl halides is 6. The van der Waals surface area contributed by atoms with E-state index in [0.717, 1.165) is 38.5 Å². The number of halogens is 6. The van der Waals surface area contributed by atoms with Crippen molar-refractivity contribution in [1.82, 2.24) is 4.98 Å². The van der Waals surface area contributed by atoms with Crippen LogP contribution < -0.4 is 32.4 Å². The summed E-state index contributed by atoms with van der Waals surface area (Å²) in [5.41, 5.74) is 21.6. The van der Waals surface area contributed by atoms with Crippen LogP contribution in [-0.4, -0.2) is 43.1 Å². The molecule has 8 N–H and O–H groups in total. The highest BCUT2D eigenvalue weighted by Crippen LogP contribution is 2.40. The summed E-state index contributed by atoms with van der Waals surface area (Å²) < 4.78 is 90.1. The number of nitrogens with two attached hydrogens (primary N) is 4. The van der Waals surface area contributed by atoms with Gasteiger partial charge < -0.3 is 32.4 Å². The van der Waals surface area contributed by atoms with Crippen LogP contribution in [0.15, 0.2) is 42.5 Å². The van der Waals surface area contributed by atoms with Crippen molar-refractivity contribution >= 4 is 11.4 Å². The fraction of sp³-hybridized carbons (Fsp3) is 0.464. The molecule has 2 unspecified atom stereocenters. The molecule has 228 valence electrons. The van der Waals surface area contributed by atoms with E-state index in [-0.39, 0.29) is 17.0 Å². The lowest BCUT2D eigenvalue weighted by Crippen LogP contribution is -2.36. The zero-order valence-electron chi connectivity index (χ0n) is 23.0. The number of hydrogen-bond donors (Lipinski definition) is 4. The third-order valence-electron chi connectivity index (χ3n) is 6.14. The molecule has 2 rings (SSSR count). The molecule has 0 aliphatic rings. The van der Waals surface area contributed by atoms with Gasteiger partial charge in [-0.05, 0) is 48.4 Å². The Kier molecular flexibility index (Phi) is 12.3. The molecule has 2 atom stereocenters. The average molecular weight is 590 g/mol. The van der Waals surface area contributed by atoms with E-state index in [0.29, 0.717) is 35.8 Å². The molecule has 0 spiro atoms. The van der Waals surface area contributed by atoms with Crippen LogP contribution in [-0.2, 0) is 0 Å². The second-order valence-electron chi connectivity index (χ2n) is 9.45. The lowest BCUT2D eigenvalue weighted by molar-refractivity contribution is -0.137. The van der Waals surface area contributed by atoms with Crippen LogP contribution in [0.2, 0.25) is 0 Å². The van der Waals surface area contributed by atoms with Gasteiger partial charge in [-0.1, -0.05) is 45.1 Å². The number of pyridine rings is 1. The predicted molar refractivity (Wildman–Crippen MR) is 147 cm³/mol. The van der Waals surface area contributed by atoms with Crippen LogP contribution in [0.3, 0.4) is 0 Å². The van der Waals surface area contributed by atoms with Crippen LogP contribution in [0.5, 0.6) is 11.5 Å². The van der Waals surface area contributed by atoms with Gasteiger partial charge >= 0.3 is 12.4 Å². The maximum atomic E-state index is 13.1. The molecule has 0 radical (unpaired) electrons. The minimum Gasteiger partial charge on any atom is -0.496 e. The van der Waals surface area contributed by atoms with Crippen molar-refractivity contribution in [2.24, 2.45) is 22.9 Å². The molecule has 13 heteroatoms. The molecule has 1 aromatic heterocycles. The summed E-state index contributed by atoms with van der Waals surface area (Å²) in [6.07, 6.45) is -2.25. The van der Waals surface area contributed by atoms with Crippen molar-refractivity contribution in [3.05, 3.63) is 53.9 Å². The fourth-order valence-corrected chi connectivity index (χ4v) is 3.87. The lowest BCUT2D eigenvalue weighted by atomic mass is 10.00. The van der Waals surface area contributed by atoms with Gasteiger partial charge in [-0.15, -0.1) is 0 Å². The molecule has 0 aliphatic carbocycles. The molecular weight excluding hydrogens is 552 g/mol. The predicted octanol–water partition coefficient (Wildman–Crippen LogP) is 5.87. The van der Waals surface area contributed by atoms with Crippen molar-refractivity contribution in [2.75, 3.05) is 13.7 Å². The Labute approximate surface area is 235 Å². The highest BCUT2D eigenvalue weighted by molar-refractivity contribution is 5.81. The van der Waals surface area contributed by atoms with Gasteiger partial charge in [0.1, 0.15) is 23.6 Å². The van der Waals surface area contributed by atoms with E-state index in [1.54, 1.807) is 18.2 Å². The van der Waals surface area contributed by atoms with Gasteiger partial charge in [0, 0.05) is 0 Å². The molecule has 41 heavy (non-hydrogen) atoms. The van der Waals surface area contributed by atoms with Gasteiger partial charge in [0.15, 0.2) is 0 Å². The number of unbranched alkanes of at least 4 members (excludes halogenated alkanes) is 5. The van der Waals surface area contributed by atoms with Crippen LogP contribution >= 0.6 is 0 Å². The number of methoxy groups -OCH3 is 1. The van der Waals surface area contributed by atoms with Crippen molar-refractivity contribution in [3.8, 4) is 22.6 Å². The minimum atomic E-state index is -4.79. The Morgan fingerprint density at radius 2 is 1.32 bits per heavy atom. The third kappa shape index (κ3) is 10.2. The Balaban J connectivity index is 2.61. The SMILES string of the molecule is CCCCCCCCOc1cccc(OC)c1-c1cc(C(N)=CC(N)C(F)(F)F)nc(/C(N)=C/C(N)C(F)(F)F)c1. The highest BCUT2D eigenvalue weighted by Gasteiger charge is 2.36. The largest absolute Gasteiger partial charge is 0.496 e. The minimum absolute atomic E-state index is 0.207. The number of ether oxygens (including phenoxy) is 2. The first kappa shape index (κ1) is 33.8. The Morgan fingerprint density at radius 3 is 1.80 bits per heavy atom. The van der Waals surface area contributed by atoms with Crippen LogP contribution in [0.4, 0.5) is 26.3 Å². The molecule has 0 bridgehead atoms. The van der Waals surface area contributed by atoms with E-state index in [2.05, 4.69) is 11.9 Å². The second kappa shape index (κ2) is 15.0. The molecule has 2 aromatic rings. The smallest absolute Gasteiger partial charge is 0.407 e. The van der Waals surface area contributed by atoms with Crippen molar-refractivity contribution < 1.29 is 35.8 Å². The van der Waals surface area contributed by atoms with E-state index >= 15 is 0 Å². The molecular formula is C28H37F6N5O2. The zero-order chi connectivity index (χ0) is 30.8. The summed E-state index contributed by atoms with van der Waals surface area (Å²) in [7, 11) is 1.41. The van der Waals surface area contributed by atoms with Gasteiger partial charge in [-0.25, -0.2) is 4.98 Å². The molecule has 7 nitrogen and oxygen atoms in total. The van der Waals surface area contributed by atoms with Gasteiger partial charge in [0.2, 0.25) is 0 Å². The first-order chi connectivity index (χ1) is 19.2. The molecule has 0 saturated carbocycles. The maximum absolute atomic E-state index is 13.1. The van der Waals surface area contributed by atoms with Gasteiger partial charge in [0.25, 0.3) is 0 Å². The monoisotopic (exact) mass is 589 g/mol. The standard InChI is InChI=1S/C28H37F6N5O2/c1-3-4-5-6-7-8-12-41-23-11-9-10-22(40-2)26(23)17-13-20(18(35)15-24(37)27(29,30)31)39-21(14-17)19(36)16-25(38)28(32,33)34/h9-11,13-16,24-25H,3-8,12,35-38H2,1-2H3/b18-15-,19-16?. The van der Waals surface area contributed by atoms with Gasteiger partial charge in [-0.3, -0.25) is 0 Å². The Bertz CT molecular complexity index is 1140. The maximum Gasteiger partial charge on any atom is 0.407 e. The third-order valence-corrected chi connectivity index (χ3v) is 6.14. The number of benzene rings is 1. The summed E-state index contributed by atoms with van der Waals surface area (Å²) >= 11 is 0. The van der Waals surface area contributed by atoms with Crippen molar-refractivity contribution in [2.45, 2.75) is 69.9 Å². The normalized spacial score (nSPS) is 14.6. The Morgan fingerprint density at radius 1 is 0.829 bits per heavy atom. The first-order valence-corrected chi connectivity index (χ1v) is 13.1. The van der Waals surface area contributed by atoms with E-state index in [1.807, 2.05) is 0 Å².